The molecule has 2 rings (SSSR count). The lowest BCUT2D eigenvalue weighted by Gasteiger charge is -2.34. The molecule has 0 spiro atoms. The van der Waals surface area contributed by atoms with Gasteiger partial charge in [-0.05, 0) is 38.0 Å². The first-order valence-corrected chi connectivity index (χ1v) is 9.05. The maximum absolute atomic E-state index is 12.1. The summed E-state index contributed by atoms with van der Waals surface area (Å²) in [7, 11) is 1.20. The van der Waals surface area contributed by atoms with Crippen molar-refractivity contribution in [3.63, 3.8) is 0 Å². The molecule has 0 N–H and O–H groups in total. The van der Waals surface area contributed by atoms with E-state index in [9.17, 15) is 4.79 Å². The van der Waals surface area contributed by atoms with E-state index in [0.717, 1.165) is 18.8 Å². The van der Waals surface area contributed by atoms with Crippen LogP contribution in [0.25, 0.3) is 0 Å². The summed E-state index contributed by atoms with van der Waals surface area (Å²) >= 11 is 0. The van der Waals surface area contributed by atoms with Gasteiger partial charge >= 0.3 is 6.09 Å². The SMILES string of the molecule is CC(C)(C)OC(=O)N1CC=C(BC2CC(C)(C)C(C)(C)C2)CC1. The van der Waals surface area contributed by atoms with Crippen LogP contribution in [0.5, 0.6) is 0 Å². The summed E-state index contributed by atoms with van der Waals surface area (Å²) in [5.74, 6) is 0.791. The number of hydrogen-bond donors (Lipinski definition) is 0. The average Bonchev–Trinajstić information content (AvgIpc) is 2.55. The topological polar surface area (TPSA) is 29.5 Å². The number of hydrogen-bond acceptors (Lipinski definition) is 2. The van der Waals surface area contributed by atoms with Gasteiger partial charge < -0.3 is 9.64 Å². The van der Waals surface area contributed by atoms with Crippen LogP contribution < -0.4 is 0 Å². The Morgan fingerprint density at radius 3 is 2.22 bits per heavy atom. The van der Waals surface area contributed by atoms with Crippen LogP contribution in [0.15, 0.2) is 11.5 Å². The smallest absolute Gasteiger partial charge is 0.410 e. The van der Waals surface area contributed by atoms with E-state index in [1.165, 1.54) is 25.6 Å². The van der Waals surface area contributed by atoms with Crippen molar-refractivity contribution >= 4 is 13.4 Å². The summed E-state index contributed by atoms with van der Waals surface area (Å²) in [6, 6.07) is 0. The van der Waals surface area contributed by atoms with Gasteiger partial charge in [-0.2, -0.15) is 0 Å². The van der Waals surface area contributed by atoms with E-state index in [-0.39, 0.29) is 6.09 Å². The minimum atomic E-state index is -0.415. The summed E-state index contributed by atoms with van der Waals surface area (Å²) in [4.78, 5) is 13.9. The number of nitrogens with zero attached hydrogens (tertiary/aromatic N) is 1. The molecule has 0 atom stereocenters. The third-order valence-electron chi connectivity index (χ3n) is 5.94. The molecule has 1 saturated carbocycles. The van der Waals surface area contributed by atoms with Gasteiger partial charge in [0, 0.05) is 13.1 Å². The molecule has 1 aliphatic carbocycles. The van der Waals surface area contributed by atoms with Gasteiger partial charge in [0.15, 0.2) is 7.28 Å². The minimum absolute atomic E-state index is 0.184. The molecule has 3 nitrogen and oxygen atoms in total. The Hall–Kier alpha value is -0.925. The minimum Gasteiger partial charge on any atom is -0.444 e. The van der Waals surface area contributed by atoms with Crippen LogP contribution >= 0.6 is 0 Å². The second-order valence-electron chi connectivity index (χ2n) is 9.78. The van der Waals surface area contributed by atoms with Gasteiger partial charge in [0.2, 0.25) is 0 Å². The quantitative estimate of drug-likeness (QED) is 0.697. The molecule has 130 valence electrons. The molecule has 4 heteroatoms. The van der Waals surface area contributed by atoms with Crippen LogP contribution in [0.3, 0.4) is 0 Å². The zero-order valence-electron chi connectivity index (χ0n) is 16.2. The summed E-state index contributed by atoms with van der Waals surface area (Å²) in [6.07, 6.45) is 5.69. The molecule has 2 aliphatic rings. The molecule has 0 aromatic carbocycles. The highest BCUT2D eigenvalue weighted by atomic mass is 16.6. The maximum Gasteiger partial charge on any atom is 0.410 e. The zero-order valence-corrected chi connectivity index (χ0v) is 16.2. The molecule has 0 radical (unpaired) electrons. The molecule has 1 fully saturated rings. The lowest BCUT2D eigenvalue weighted by atomic mass is 9.55. The summed E-state index contributed by atoms with van der Waals surface area (Å²) in [5.41, 5.74) is 1.97. The molecular weight excluding hydrogens is 285 g/mol. The number of amides is 1. The Balaban J connectivity index is 1.87. The van der Waals surface area contributed by atoms with Gasteiger partial charge in [0.1, 0.15) is 5.60 Å². The summed E-state index contributed by atoms with van der Waals surface area (Å²) < 4.78 is 5.46. The van der Waals surface area contributed by atoms with Crippen LogP contribution in [0.2, 0.25) is 5.82 Å². The van der Waals surface area contributed by atoms with E-state index in [2.05, 4.69) is 33.8 Å². The molecule has 0 aromatic rings. The fourth-order valence-corrected chi connectivity index (χ4v) is 3.97. The van der Waals surface area contributed by atoms with Crippen LogP contribution in [0, 0.1) is 10.8 Å². The van der Waals surface area contributed by atoms with Crippen molar-refractivity contribution in [3.05, 3.63) is 11.5 Å². The van der Waals surface area contributed by atoms with Crippen molar-refractivity contribution in [1.29, 1.82) is 0 Å². The summed E-state index contributed by atoms with van der Waals surface area (Å²) in [5, 5.41) is 0. The fraction of sp³-hybridized carbons (Fsp3) is 0.842. The molecule has 0 unspecified atom stereocenters. The largest absolute Gasteiger partial charge is 0.444 e. The highest BCUT2D eigenvalue weighted by molar-refractivity contribution is 6.47. The van der Waals surface area contributed by atoms with Gasteiger partial charge in [0.25, 0.3) is 0 Å². The molecule has 0 bridgehead atoms. The van der Waals surface area contributed by atoms with Gasteiger partial charge in [-0.25, -0.2) is 4.79 Å². The van der Waals surface area contributed by atoms with E-state index < -0.39 is 5.60 Å². The van der Waals surface area contributed by atoms with E-state index in [1.54, 1.807) is 0 Å². The van der Waals surface area contributed by atoms with E-state index >= 15 is 0 Å². The van der Waals surface area contributed by atoms with Crippen molar-refractivity contribution in [2.45, 2.75) is 79.1 Å². The van der Waals surface area contributed by atoms with Gasteiger partial charge in [0.05, 0.1) is 0 Å². The van der Waals surface area contributed by atoms with Crippen LogP contribution in [0.1, 0.15) is 67.7 Å². The molecule has 1 heterocycles. The van der Waals surface area contributed by atoms with Gasteiger partial charge in [-0.1, -0.05) is 52.4 Å². The summed E-state index contributed by atoms with van der Waals surface area (Å²) in [6.45, 7) is 16.9. The van der Waals surface area contributed by atoms with Gasteiger partial charge in [-0.3, -0.25) is 0 Å². The third kappa shape index (κ3) is 4.55. The van der Waals surface area contributed by atoms with Gasteiger partial charge in [-0.15, -0.1) is 5.47 Å². The van der Waals surface area contributed by atoms with E-state index in [4.69, 9.17) is 4.74 Å². The van der Waals surface area contributed by atoms with Crippen molar-refractivity contribution in [1.82, 2.24) is 4.90 Å². The third-order valence-corrected chi connectivity index (χ3v) is 5.94. The van der Waals surface area contributed by atoms with Crippen molar-refractivity contribution < 1.29 is 9.53 Å². The molecule has 0 saturated heterocycles. The highest BCUT2D eigenvalue weighted by Gasteiger charge is 2.46. The predicted molar refractivity (Wildman–Crippen MR) is 98.2 cm³/mol. The second kappa shape index (κ2) is 6.18. The number of ether oxygens (including phenoxy) is 1. The first kappa shape index (κ1) is 18.4. The molecule has 1 amide bonds. The number of carbonyl (C=O) groups excluding carboxylic acids is 1. The van der Waals surface area contributed by atoms with Crippen LogP contribution in [-0.2, 0) is 4.74 Å². The zero-order chi connectivity index (χ0) is 17.5. The van der Waals surface area contributed by atoms with E-state index in [0.29, 0.717) is 17.4 Å². The molecule has 23 heavy (non-hydrogen) atoms. The Kier molecular flexibility index (Phi) is 4.95. The first-order valence-electron chi connectivity index (χ1n) is 9.05. The normalized spacial score (nSPS) is 24.3. The Labute approximate surface area is 143 Å². The Bertz CT molecular complexity index is 472. The standard InChI is InChI=1S/C19H34BNO2/c1-17(2,3)23-16(22)21-10-8-14(9-11-21)20-15-12-18(4,5)19(6,7)13-15/h8,15,20H,9-13H2,1-7H3. The lowest BCUT2D eigenvalue weighted by Crippen LogP contribution is -2.39. The number of rotatable bonds is 2. The highest BCUT2D eigenvalue weighted by Crippen LogP contribution is 2.57. The lowest BCUT2D eigenvalue weighted by molar-refractivity contribution is 0.0267. The van der Waals surface area contributed by atoms with Crippen LogP contribution in [-0.4, -0.2) is 37.0 Å². The molecular formula is C19H34BNO2. The number of carbonyl (C=O) groups is 1. The monoisotopic (exact) mass is 319 g/mol. The van der Waals surface area contributed by atoms with Crippen molar-refractivity contribution in [2.24, 2.45) is 10.8 Å². The first-order chi connectivity index (χ1) is 10.4. The molecule has 0 aromatic heterocycles. The fourth-order valence-electron chi connectivity index (χ4n) is 3.97. The van der Waals surface area contributed by atoms with Crippen LogP contribution in [0.4, 0.5) is 4.79 Å². The Morgan fingerprint density at radius 2 is 1.78 bits per heavy atom. The average molecular weight is 319 g/mol. The second-order valence-corrected chi connectivity index (χ2v) is 9.78. The van der Waals surface area contributed by atoms with Crippen molar-refractivity contribution in [3.8, 4) is 0 Å². The van der Waals surface area contributed by atoms with Crippen molar-refractivity contribution in [2.75, 3.05) is 13.1 Å². The molecule has 1 aliphatic heterocycles. The predicted octanol–water partition coefficient (Wildman–Crippen LogP) is 4.58. The maximum atomic E-state index is 12.1. The van der Waals surface area contributed by atoms with E-state index in [1.807, 2.05) is 25.7 Å². The Morgan fingerprint density at radius 1 is 1.22 bits per heavy atom.